The van der Waals surface area contributed by atoms with Gasteiger partial charge in [0.15, 0.2) is 0 Å². The molecule has 164 valence electrons. The minimum Gasteiger partial charge on any atom is -0.383 e. The van der Waals surface area contributed by atoms with Crippen LogP contribution in [-0.4, -0.2) is 50.8 Å². The fourth-order valence-corrected chi connectivity index (χ4v) is 5.24. The fourth-order valence-electron chi connectivity index (χ4n) is 3.95. The van der Waals surface area contributed by atoms with E-state index in [1.54, 1.807) is 25.4 Å². The van der Waals surface area contributed by atoms with Gasteiger partial charge >= 0.3 is 0 Å². The summed E-state index contributed by atoms with van der Waals surface area (Å²) < 4.78 is 7.05. The first-order chi connectivity index (χ1) is 15.0. The maximum Gasteiger partial charge on any atom is 0.267 e. The van der Waals surface area contributed by atoms with E-state index in [2.05, 4.69) is 12.2 Å². The van der Waals surface area contributed by atoms with Gasteiger partial charge in [-0.2, -0.15) is 0 Å². The number of methoxy groups -OCH3 is 1. The number of ether oxygens (including phenoxy) is 1. The van der Waals surface area contributed by atoms with Gasteiger partial charge in [-0.15, -0.1) is 0 Å². The van der Waals surface area contributed by atoms with Gasteiger partial charge in [-0.25, -0.2) is 4.98 Å². The molecule has 0 spiro atoms. The molecule has 2 aliphatic rings. The standard InChI is InChI=1S/C22H26N4O3S2/c1-14-6-8-15(9-7-14)23-19-16(20(27)25-10-4-3-5-18(25)24-19)13-17-21(28)26(11-12-29-2)22(30)31-17/h3-5,10,13-15,23H,6-9,11-12H2,1-2H3. The topological polar surface area (TPSA) is 75.9 Å². The predicted octanol–water partition coefficient (Wildman–Crippen LogP) is 3.53. The Bertz CT molecular complexity index is 1090. The monoisotopic (exact) mass is 458 g/mol. The Balaban J connectivity index is 1.73. The number of anilines is 1. The number of hydrogen-bond donors (Lipinski definition) is 1. The first-order valence-electron chi connectivity index (χ1n) is 10.5. The quantitative estimate of drug-likeness (QED) is 0.524. The Morgan fingerprint density at radius 2 is 2.06 bits per heavy atom. The summed E-state index contributed by atoms with van der Waals surface area (Å²) in [6.07, 6.45) is 7.70. The zero-order valence-electron chi connectivity index (χ0n) is 17.7. The Kier molecular flexibility index (Phi) is 6.74. The van der Waals surface area contributed by atoms with Crippen LogP contribution in [0.25, 0.3) is 11.7 Å². The minimum absolute atomic E-state index is 0.206. The fraction of sp³-hybridized carbons (Fsp3) is 0.455. The molecule has 1 saturated carbocycles. The number of carbonyl (C=O) groups is 1. The van der Waals surface area contributed by atoms with E-state index in [9.17, 15) is 9.59 Å². The summed E-state index contributed by atoms with van der Waals surface area (Å²) in [7, 11) is 1.58. The van der Waals surface area contributed by atoms with Crippen molar-refractivity contribution in [2.24, 2.45) is 5.92 Å². The number of pyridine rings is 1. The molecule has 1 N–H and O–H groups in total. The Morgan fingerprint density at radius 1 is 1.29 bits per heavy atom. The number of carbonyl (C=O) groups excluding carboxylic acids is 1. The molecule has 1 aliphatic heterocycles. The van der Waals surface area contributed by atoms with Crippen LogP contribution in [0.4, 0.5) is 5.82 Å². The highest BCUT2D eigenvalue weighted by atomic mass is 32.2. The van der Waals surface area contributed by atoms with Crippen LogP contribution in [0.1, 0.15) is 38.2 Å². The molecule has 0 atom stereocenters. The zero-order chi connectivity index (χ0) is 22.0. The maximum atomic E-state index is 13.3. The van der Waals surface area contributed by atoms with E-state index in [1.165, 1.54) is 21.1 Å². The summed E-state index contributed by atoms with van der Waals surface area (Å²) in [5, 5.41) is 3.49. The van der Waals surface area contributed by atoms with E-state index in [0.717, 1.165) is 31.6 Å². The zero-order valence-corrected chi connectivity index (χ0v) is 19.3. The summed E-state index contributed by atoms with van der Waals surface area (Å²) in [5.41, 5.74) is 0.748. The molecule has 7 nitrogen and oxygen atoms in total. The minimum atomic E-state index is -0.209. The van der Waals surface area contributed by atoms with Crippen molar-refractivity contribution in [2.45, 2.75) is 38.6 Å². The molecule has 31 heavy (non-hydrogen) atoms. The molecule has 4 rings (SSSR count). The number of thioether (sulfide) groups is 1. The summed E-state index contributed by atoms with van der Waals surface area (Å²) in [5.74, 6) is 1.04. The first kappa shape index (κ1) is 22.0. The van der Waals surface area contributed by atoms with Crippen molar-refractivity contribution in [1.82, 2.24) is 14.3 Å². The van der Waals surface area contributed by atoms with Gasteiger partial charge in [-0.1, -0.05) is 37.0 Å². The predicted molar refractivity (Wildman–Crippen MR) is 128 cm³/mol. The number of fused-ring (bicyclic) bond motifs is 1. The molecule has 0 unspecified atom stereocenters. The number of aromatic nitrogens is 2. The highest BCUT2D eigenvalue weighted by molar-refractivity contribution is 8.26. The van der Waals surface area contributed by atoms with E-state index in [-0.39, 0.29) is 17.5 Å². The van der Waals surface area contributed by atoms with Crippen molar-refractivity contribution in [3.8, 4) is 0 Å². The van der Waals surface area contributed by atoms with Gasteiger partial charge in [0, 0.05) is 19.3 Å². The molecule has 0 aromatic carbocycles. The van der Waals surface area contributed by atoms with Crippen LogP contribution in [0.2, 0.25) is 0 Å². The third-order valence-electron chi connectivity index (χ3n) is 5.79. The molecular weight excluding hydrogens is 432 g/mol. The van der Waals surface area contributed by atoms with Gasteiger partial charge in [-0.05, 0) is 49.8 Å². The molecule has 1 amide bonds. The smallest absolute Gasteiger partial charge is 0.267 e. The molecule has 2 aromatic heterocycles. The SMILES string of the molecule is COCCN1C(=O)C(=Cc2c(NC3CCC(C)CC3)nc3ccccn3c2=O)SC1=S. The Hall–Kier alpha value is -2.23. The van der Waals surface area contributed by atoms with Gasteiger partial charge in [0.2, 0.25) is 0 Å². The summed E-state index contributed by atoms with van der Waals surface area (Å²) in [6.45, 7) is 3.06. The lowest BCUT2D eigenvalue weighted by molar-refractivity contribution is -0.122. The lowest BCUT2D eigenvalue weighted by Crippen LogP contribution is -2.31. The van der Waals surface area contributed by atoms with Crippen LogP contribution >= 0.6 is 24.0 Å². The van der Waals surface area contributed by atoms with E-state index < -0.39 is 0 Å². The molecule has 1 aliphatic carbocycles. The highest BCUT2D eigenvalue weighted by Crippen LogP contribution is 2.33. The van der Waals surface area contributed by atoms with E-state index in [4.69, 9.17) is 21.9 Å². The third kappa shape index (κ3) is 4.68. The molecule has 0 bridgehead atoms. The van der Waals surface area contributed by atoms with Gasteiger partial charge in [-0.3, -0.25) is 18.9 Å². The summed E-state index contributed by atoms with van der Waals surface area (Å²) in [6, 6.07) is 5.72. The van der Waals surface area contributed by atoms with E-state index in [1.807, 2.05) is 12.1 Å². The molecule has 9 heteroatoms. The molecule has 1 saturated heterocycles. The van der Waals surface area contributed by atoms with Gasteiger partial charge in [0.05, 0.1) is 23.6 Å². The number of rotatable bonds is 6. The largest absolute Gasteiger partial charge is 0.383 e. The van der Waals surface area contributed by atoms with Crippen LogP contribution in [0.5, 0.6) is 0 Å². The summed E-state index contributed by atoms with van der Waals surface area (Å²) >= 11 is 6.57. The van der Waals surface area contributed by atoms with Crippen molar-refractivity contribution in [2.75, 3.05) is 25.6 Å². The van der Waals surface area contributed by atoms with Crippen molar-refractivity contribution in [3.05, 3.63) is 45.2 Å². The Morgan fingerprint density at radius 3 is 2.81 bits per heavy atom. The first-order valence-corrected chi connectivity index (χ1v) is 11.7. The molecular formula is C22H26N4O3S2. The Labute approximate surface area is 190 Å². The van der Waals surface area contributed by atoms with Crippen LogP contribution in [0.3, 0.4) is 0 Å². The number of thiocarbonyl (C=S) groups is 1. The second kappa shape index (κ2) is 9.50. The lowest BCUT2D eigenvalue weighted by atomic mass is 9.87. The van der Waals surface area contributed by atoms with Gasteiger partial charge in [0.1, 0.15) is 15.8 Å². The van der Waals surface area contributed by atoms with Gasteiger partial charge < -0.3 is 10.1 Å². The van der Waals surface area contributed by atoms with Crippen molar-refractivity contribution >= 4 is 51.7 Å². The molecule has 3 heterocycles. The van der Waals surface area contributed by atoms with E-state index >= 15 is 0 Å². The number of amides is 1. The lowest BCUT2D eigenvalue weighted by Gasteiger charge is -2.27. The van der Waals surface area contributed by atoms with E-state index in [0.29, 0.717) is 39.4 Å². The number of hydrogen-bond acceptors (Lipinski definition) is 7. The average molecular weight is 459 g/mol. The van der Waals surface area contributed by atoms with Crippen LogP contribution in [0, 0.1) is 5.92 Å². The second-order valence-corrected chi connectivity index (χ2v) is 9.71. The van der Waals surface area contributed by atoms with Crippen LogP contribution in [0.15, 0.2) is 34.1 Å². The molecule has 2 aromatic rings. The average Bonchev–Trinajstić information content (AvgIpc) is 3.03. The molecule has 2 fully saturated rings. The second-order valence-electron chi connectivity index (χ2n) is 8.04. The van der Waals surface area contributed by atoms with Gasteiger partial charge in [0.25, 0.3) is 11.5 Å². The van der Waals surface area contributed by atoms with Crippen LogP contribution < -0.4 is 10.9 Å². The normalized spacial score (nSPS) is 23.2. The number of nitrogens with zero attached hydrogens (tertiary/aromatic N) is 3. The van der Waals surface area contributed by atoms with Crippen LogP contribution in [-0.2, 0) is 9.53 Å². The maximum absolute atomic E-state index is 13.3. The highest BCUT2D eigenvalue weighted by Gasteiger charge is 2.32. The van der Waals surface area contributed by atoms with Crippen molar-refractivity contribution in [1.29, 1.82) is 0 Å². The van der Waals surface area contributed by atoms with Crippen molar-refractivity contribution in [3.63, 3.8) is 0 Å². The molecule has 0 radical (unpaired) electrons. The van der Waals surface area contributed by atoms with Crippen molar-refractivity contribution < 1.29 is 9.53 Å². The summed E-state index contributed by atoms with van der Waals surface area (Å²) in [4.78, 5) is 32.9. The number of nitrogens with one attached hydrogen (secondary N) is 1. The third-order valence-corrected chi connectivity index (χ3v) is 7.17.